The molecule has 3 aromatic rings. The van der Waals surface area contributed by atoms with Gasteiger partial charge in [-0.2, -0.15) is 0 Å². The summed E-state index contributed by atoms with van der Waals surface area (Å²) in [5.74, 6) is 1.43. The number of fused-ring (bicyclic) bond motifs is 1. The molecule has 1 heterocycles. The van der Waals surface area contributed by atoms with Gasteiger partial charge in [-0.15, -0.1) is 0 Å². The molecule has 1 amide bonds. The summed E-state index contributed by atoms with van der Waals surface area (Å²) < 4.78 is 10.7. The Balaban J connectivity index is 1.42. The fraction of sp³-hybridized carbons (Fsp3) is 0.0455. The van der Waals surface area contributed by atoms with Crippen LogP contribution in [0.2, 0.25) is 0 Å². The van der Waals surface area contributed by atoms with Crippen LogP contribution < -0.4 is 14.8 Å². The van der Waals surface area contributed by atoms with Crippen molar-refractivity contribution in [3.63, 3.8) is 0 Å². The average molecular weight is 343 g/mol. The zero-order chi connectivity index (χ0) is 17.8. The lowest BCUT2D eigenvalue weighted by molar-refractivity contribution is 0.102. The van der Waals surface area contributed by atoms with Crippen LogP contribution in [0.1, 0.15) is 21.5 Å². The third-order valence-electron chi connectivity index (χ3n) is 4.07. The van der Waals surface area contributed by atoms with Gasteiger partial charge in [0.2, 0.25) is 6.79 Å². The molecule has 0 fully saturated rings. The highest BCUT2D eigenvalue weighted by molar-refractivity contribution is 6.04. The fourth-order valence-electron chi connectivity index (χ4n) is 2.68. The predicted molar refractivity (Wildman–Crippen MR) is 102 cm³/mol. The Morgan fingerprint density at radius 3 is 2.31 bits per heavy atom. The second-order valence-electron chi connectivity index (χ2n) is 5.89. The third-order valence-corrected chi connectivity index (χ3v) is 4.07. The van der Waals surface area contributed by atoms with Crippen molar-refractivity contribution in [1.82, 2.24) is 0 Å². The summed E-state index contributed by atoms with van der Waals surface area (Å²) in [6.07, 6.45) is 4.03. The van der Waals surface area contributed by atoms with Gasteiger partial charge in [0.05, 0.1) is 0 Å². The van der Waals surface area contributed by atoms with E-state index in [4.69, 9.17) is 9.47 Å². The second kappa shape index (κ2) is 7.15. The maximum atomic E-state index is 12.2. The van der Waals surface area contributed by atoms with Crippen molar-refractivity contribution in [3.8, 4) is 11.5 Å². The molecule has 3 aromatic carbocycles. The van der Waals surface area contributed by atoms with Gasteiger partial charge >= 0.3 is 0 Å². The van der Waals surface area contributed by atoms with Gasteiger partial charge < -0.3 is 14.8 Å². The molecular formula is C22H17NO3. The fourth-order valence-corrected chi connectivity index (χ4v) is 2.68. The molecule has 0 atom stereocenters. The summed E-state index contributed by atoms with van der Waals surface area (Å²) in [6, 6.07) is 22.7. The monoisotopic (exact) mass is 343 g/mol. The molecule has 1 aliphatic heterocycles. The van der Waals surface area contributed by atoms with Crippen LogP contribution in [-0.2, 0) is 0 Å². The summed E-state index contributed by atoms with van der Waals surface area (Å²) in [6.45, 7) is 0.276. The van der Waals surface area contributed by atoms with Crippen LogP contribution in [0.25, 0.3) is 12.2 Å². The van der Waals surface area contributed by atoms with Crippen molar-refractivity contribution in [2.45, 2.75) is 0 Å². The van der Waals surface area contributed by atoms with E-state index in [0.717, 1.165) is 28.3 Å². The zero-order valence-corrected chi connectivity index (χ0v) is 14.0. The van der Waals surface area contributed by atoms with E-state index in [-0.39, 0.29) is 12.7 Å². The number of amides is 1. The van der Waals surface area contributed by atoms with Crippen molar-refractivity contribution in [3.05, 3.63) is 89.5 Å². The molecule has 26 heavy (non-hydrogen) atoms. The standard InChI is InChI=1S/C22H17NO3/c24-22(18-4-2-1-3-5-18)23-19-11-8-16(9-12-19)6-7-17-10-13-20-21(14-17)26-15-25-20/h1-14H,15H2,(H,23,24)/b7-6+. The number of carbonyl (C=O) groups is 1. The van der Waals surface area contributed by atoms with Crippen LogP contribution in [0.5, 0.6) is 11.5 Å². The number of hydrogen-bond acceptors (Lipinski definition) is 3. The highest BCUT2D eigenvalue weighted by atomic mass is 16.7. The maximum Gasteiger partial charge on any atom is 0.255 e. The van der Waals surface area contributed by atoms with Crippen LogP contribution >= 0.6 is 0 Å². The van der Waals surface area contributed by atoms with Gasteiger partial charge in [0, 0.05) is 11.3 Å². The Kier molecular flexibility index (Phi) is 4.39. The van der Waals surface area contributed by atoms with Gasteiger partial charge in [0.15, 0.2) is 11.5 Å². The minimum atomic E-state index is -0.116. The lowest BCUT2D eigenvalue weighted by Crippen LogP contribution is -2.11. The minimum Gasteiger partial charge on any atom is -0.454 e. The molecule has 0 spiro atoms. The van der Waals surface area contributed by atoms with E-state index in [1.165, 1.54) is 0 Å². The summed E-state index contributed by atoms with van der Waals surface area (Å²) in [4.78, 5) is 12.2. The van der Waals surface area contributed by atoms with E-state index >= 15 is 0 Å². The molecule has 0 aliphatic carbocycles. The number of anilines is 1. The van der Waals surface area contributed by atoms with E-state index in [2.05, 4.69) is 5.32 Å². The van der Waals surface area contributed by atoms with E-state index in [1.54, 1.807) is 12.1 Å². The van der Waals surface area contributed by atoms with Gasteiger partial charge in [-0.3, -0.25) is 4.79 Å². The van der Waals surface area contributed by atoms with Gasteiger partial charge in [-0.25, -0.2) is 0 Å². The number of hydrogen-bond donors (Lipinski definition) is 1. The first-order valence-corrected chi connectivity index (χ1v) is 8.32. The number of benzene rings is 3. The van der Waals surface area contributed by atoms with E-state index < -0.39 is 0 Å². The lowest BCUT2D eigenvalue weighted by Gasteiger charge is -2.05. The van der Waals surface area contributed by atoms with E-state index in [0.29, 0.717) is 5.56 Å². The lowest BCUT2D eigenvalue weighted by atomic mass is 10.1. The molecule has 0 bridgehead atoms. The first kappa shape index (κ1) is 16.0. The van der Waals surface area contributed by atoms with Gasteiger partial charge in [0.1, 0.15) is 0 Å². The van der Waals surface area contributed by atoms with Gasteiger partial charge in [-0.05, 0) is 47.5 Å². The van der Waals surface area contributed by atoms with Crippen molar-refractivity contribution >= 4 is 23.7 Å². The first-order valence-electron chi connectivity index (χ1n) is 8.32. The Morgan fingerprint density at radius 2 is 1.50 bits per heavy atom. The number of ether oxygens (including phenoxy) is 2. The molecule has 0 saturated heterocycles. The summed E-state index contributed by atoms with van der Waals surface area (Å²) in [7, 11) is 0. The molecule has 0 unspecified atom stereocenters. The molecule has 1 N–H and O–H groups in total. The van der Waals surface area contributed by atoms with Crippen LogP contribution in [0.3, 0.4) is 0 Å². The Morgan fingerprint density at radius 1 is 0.808 bits per heavy atom. The van der Waals surface area contributed by atoms with Crippen molar-refractivity contribution < 1.29 is 14.3 Å². The average Bonchev–Trinajstić information content (AvgIpc) is 3.16. The predicted octanol–water partition coefficient (Wildman–Crippen LogP) is 4.84. The number of rotatable bonds is 4. The Bertz CT molecular complexity index is 947. The van der Waals surface area contributed by atoms with Crippen molar-refractivity contribution in [2.24, 2.45) is 0 Å². The maximum absolute atomic E-state index is 12.2. The third kappa shape index (κ3) is 3.59. The SMILES string of the molecule is O=C(Nc1ccc(/C=C/c2ccc3c(c2)OCO3)cc1)c1ccccc1. The Labute approximate surface area is 151 Å². The van der Waals surface area contributed by atoms with Crippen molar-refractivity contribution in [1.29, 1.82) is 0 Å². The highest BCUT2D eigenvalue weighted by Gasteiger charge is 2.12. The molecule has 128 valence electrons. The van der Waals surface area contributed by atoms with Crippen molar-refractivity contribution in [2.75, 3.05) is 12.1 Å². The molecule has 4 nitrogen and oxygen atoms in total. The van der Waals surface area contributed by atoms with Crippen LogP contribution in [0.4, 0.5) is 5.69 Å². The summed E-state index contributed by atoms with van der Waals surface area (Å²) >= 11 is 0. The number of carbonyl (C=O) groups excluding carboxylic acids is 1. The van der Waals surface area contributed by atoms with E-state index in [1.807, 2.05) is 72.8 Å². The topological polar surface area (TPSA) is 47.6 Å². The first-order chi connectivity index (χ1) is 12.8. The second-order valence-corrected chi connectivity index (χ2v) is 5.89. The smallest absolute Gasteiger partial charge is 0.255 e. The Hall–Kier alpha value is -3.53. The quantitative estimate of drug-likeness (QED) is 0.690. The van der Waals surface area contributed by atoms with Crippen LogP contribution in [-0.4, -0.2) is 12.7 Å². The van der Waals surface area contributed by atoms with Crippen LogP contribution in [0, 0.1) is 0 Å². The normalized spacial score (nSPS) is 12.3. The van der Waals surface area contributed by atoms with Crippen LogP contribution in [0.15, 0.2) is 72.8 Å². The summed E-state index contributed by atoms with van der Waals surface area (Å²) in [5, 5.41) is 2.89. The zero-order valence-electron chi connectivity index (χ0n) is 14.0. The molecule has 4 heteroatoms. The molecule has 0 aromatic heterocycles. The molecular weight excluding hydrogens is 326 g/mol. The minimum absolute atomic E-state index is 0.116. The molecule has 1 aliphatic rings. The molecule has 4 rings (SSSR count). The van der Waals surface area contributed by atoms with Gasteiger partial charge in [-0.1, -0.05) is 48.6 Å². The molecule has 0 radical (unpaired) electrons. The largest absolute Gasteiger partial charge is 0.454 e. The summed E-state index contributed by atoms with van der Waals surface area (Å²) in [5.41, 5.74) is 3.48. The number of nitrogens with one attached hydrogen (secondary N) is 1. The molecule has 0 saturated carbocycles. The van der Waals surface area contributed by atoms with E-state index in [9.17, 15) is 4.79 Å². The highest BCUT2D eigenvalue weighted by Crippen LogP contribution is 2.33. The van der Waals surface area contributed by atoms with Gasteiger partial charge in [0.25, 0.3) is 5.91 Å².